The van der Waals surface area contributed by atoms with Crippen LogP contribution in [0.3, 0.4) is 0 Å². The van der Waals surface area contributed by atoms with Gasteiger partial charge in [-0.1, -0.05) is 6.07 Å². The Morgan fingerprint density at radius 1 is 1.44 bits per heavy atom. The van der Waals surface area contributed by atoms with E-state index in [1.54, 1.807) is 0 Å². The Hall–Kier alpha value is -0.420. The molecular weight excluding hydrogens is 242 g/mol. The van der Waals surface area contributed by atoms with Crippen LogP contribution in [-0.4, -0.2) is 43.7 Å². The molecule has 2 N–H and O–H groups in total. The lowest BCUT2D eigenvalue weighted by atomic mass is 9.91. The summed E-state index contributed by atoms with van der Waals surface area (Å²) in [5.41, 5.74) is 0.250. The molecule has 0 saturated carbocycles. The van der Waals surface area contributed by atoms with Crippen molar-refractivity contribution in [3.8, 4) is 0 Å². The molecule has 1 aromatic rings. The molecule has 1 fully saturated rings. The van der Waals surface area contributed by atoms with Crippen LogP contribution < -0.4 is 10.6 Å². The highest BCUT2D eigenvalue weighted by Gasteiger charge is 2.30. The Balaban J connectivity index is 2.01. The number of nitrogens with zero attached hydrogens (tertiary/aromatic N) is 1. The number of rotatable bonds is 5. The van der Waals surface area contributed by atoms with Gasteiger partial charge in [0.05, 0.1) is 0 Å². The summed E-state index contributed by atoms with van der Waals surface area (Å²) >= 11 is 1.85. The van der Waals surface area contributed by atoms with Crippen molar-refractivity contribution in [3.63, 3.8) is 0 Å². The molecule has 18 heavy (non-hydrogen) atoms. The maximum Gasteiger partial charge on any atom is 0.0429 e. The molecule has 102 valence electrons. The highest BCUT2D eigenvalue weighted by Crippen LogP contribution is 2.30. The quantitative estimate of drug-likeness (QED) is 0.855. The van der Waals surface area contributed by atoms with E-state index in [2.05, 4.69) is 53.9 Å². The van der Waals surface area contributed by atoms with E-state index < -0.39 is 0 Å². The molecule has 3 nitrogen and oxygen atoms in total. The molecule has 0 radical (unpaired) electrons. The summed E-state index contributed by atoms with van der Waals surface area (Å²) in [6.07, 6.45) is 1.16. The SMILES string of the molecule is CNC(CC(C)(C)N1CCNCC1)c1cccs1. The molecule has 2 rings (SSSR count). The van der Waals surface area contributed by atoms with Gasteiger partial charge in [0, 0.05) is 42.6 Å². The normalized spacial score (nSPS) is 19.9. The van der Waals surface area contributed by atoms with E-state index in [1.807, 2.05) is 11.3 Å². The lowest BCUT2D eigenvalue weighted by molar-refractivity contribution is 0.0865. The minimum absolute atomic E-state index is 0.250. The average Bonchev–Trinajstić information content (AvgIpc) is 2.91. The zero-order chi connectivity index (χ0) is 13.0. The monoisotopic (exact) mass is 267 g/mol. The predicted molar refractivity (Wildman–Crippen MR) is 79.3 cm³/mol. The number of piperazine rings is 1. The van der Waals surface area contributed by atoms with E-state index >= 15 is 0 Å². The van der Waals surface area contributed by atoms with Gasteiger partial charge in [0.25, 0.3) is 0 Å². The standard InChI is InChI=1S/C14H25N3S/c1-14(2,17-8-6-16-7-9-17)11-12(15-3)13-5-4-10-18-13/h4-5,10,12,15-16H,6-9,11H2,1-3H3. The molecule has 4 heteroatoms. The lowest BCUT2D eigenvalue weighted by Gasteiger charge is -2.43. The van der Waals surface area contributed by atoms with E-state index in [0.29, 0.717) is 6.04 Å². The first-order valence-corrected chi connectivity index (χ1v) is 7.68. The topological polar surface area (TPSA) is 27.3 Å². The van der Waals surface area contributed by atoms with E-state index in [4.69, 9.17) is 0 Å². The summed E-state index contributed by atoms with van der Waals surface area (Å²) in [7, 11) is 2.07. The van der Waals surface area contributed by atoms with Crippen LogP contribution in [0.4, 0.5) is 0 Å². The second-order valence-electron chi connectivity index (χ2n) is 5.61. The number of hydrogen-bond acceptors (Lipinski definition) is 4. The molecular formula is C14H25N3S. The highest BCUT2D eigenvalue weighted by atomic mass is 32.1. The van der Waals surface area contributed by atoms with E-state index in [0.717, 1.165) is 32.6 Å². The van der Waals surface area contributed by atoms with Crippen molar-refractivity contribution < 1.29 is 0 Å². The third-order valence-corrected chi connectivity index (χ3v) is 4.90. The van der Waals surface area contributed by atoms with Gasteiger partial charge in [-0.3, -0.25) is 4.90 Å². The number of hydrogen-bond donors (Lipinski definition) is 2. The van der Waals surface area contributed by atoms with Crippen LogP contribution in [0.5, 0.6) is 0 Å². The zero-order valence-corrected chi connectivity index (χ0v) is 12.5. The van der Waals surface area contributed by atoms with Crippen LogP contribution in [0.1, 0.15) is 31.2 Å². The van der Waals surface area contributed by atoms with Crippen molar-refractivity contribution in [3.05, 3.63) is 22.4 Å². The molecule has 0 aliphatic carbocycles. The summed E-state index contributed by atoms with van der Waals surface area (Å²) in [6, 6.07) is 4.84. The Bertz CT molecular complexity index is 342. The smallest absolute Gasteiger partial charge is 0.0429 e. The molecule has 0 amide bonds. The van der Waals surface area contributed by atoms with E-state index in [1.165, 1.54) is 4.88 Å². The third kappa shape index (κ3) is 3.32. The molecule has 1 unspecified atom stereocenters. The van der Waals surface area contributed by atoms with E-state index in [9.17, 15) is 0 Å². The summed E-state index contributed by atoms with van der Waals surface area (Å²) in [5, 5.41) is 9.06. The van der Waals surface area contributed by atoms with Crippen molar-refractivity contribution >= 4 is 11.3 Å². The molecule has 1 aromatic heterocycles. The highest BCUT2D eigenvalue weighted by molar-refractivity contribution is 7.10. The van der Waals surface area contributed by atoms with Crippen molar-refractivity contribution in [1.29, 1.82) is 0 Å². The Morgan fingerprint density at radius 3 is 2.72 bits per heavy atom. The van der Waals surface area contributed by atoms with Gasteiger partial charge in [-0.2, -0.15) is 0 Å². The number of nitrogens with one attached hydrogen (secondary N) is 2. The molecule has 2 heterocycles. The molecule has 0 bridgehead atoms. The maximum atomic E-state index is 3.47. The van der Waals surface area contributed by atoms with Crippen LogP contribution in [0.2, 0.25) is 0 Å². The van der Waals surface area contributed by atoms with Crippen molar-refractivity contribution in [2.45, 2.75) is 31.8 Å². The maximum absolute atomic E-state index is 3.47. The van der Waals surface area contributed by atoms with Crippen molar-refractivity contribution in [1.82, 2.24) is 15.5 Å². The molecule has 0 aromatic carbocycles. The van der Waals surface area contributed by atoms with Crippen LogP contribution in [0.25, 0.3) is 0 Å². The minimum Gasteiger partial charge on any atom is -0.314 e. The van der Waals surface area contributed by atoms with Gasteiger partial charge in [0.15, 0.2) is 0 Å². The Labute approximate surface area is 115 Å². The van der Waals surface area contributed by atoms with Crippen LogP contribution in [-0.2, 0) is 0 Å². The van der Waals surface area contributed by atoms with Gasteiger partial charge in [0.1, 0.15) is 0 Å². The minimum atomic E-state index is 0.250. The first-order valence-electron chi connectivity index (χ1n) is 6.80. The predicted octanol–water partition coefficient (Wildman–Crippen LogP) is 2.08. The zero-order valence-electron chi connectivity index (χ0n) is 11.7. The van der Waals surface area contributed by atoms with Gasteiger partial charge < -0.3 is 10.6 Å². The van der Waals surface area contributed by atoms with Gasteiger partial charge in [0.2, 0.25) is 0 Å². The van der Waals surface area contributed by atoms with Crippen LogP contribution in [0, 0.1) is 0 Å². The second-order valence-corrected chi connectivity index (χ2v) is 6.59. The Morgan fingerprint density at radius 2 is 2.17 bits per heavy atom. The first kappa shape index (κ1) is 14.0. The number of thiophene rings is 1. The first-order chi connectivity index (χ1) is 8.63. The molecule has 0 spiro atoms. The van der Waals surface area contributed by atoms with Gasteiger partial charge >= 0.3 is 0 Å². The molecule has 1 aliphatic heterocycles. The summed E-state index contributed by atoms with van der Waals surface area (Å²) in [4.78, 5) is 4.06. The van der Waals surface area contributed by atoms with Crippen LogP contribution >= 0.6 is 11.3 Å². The fourth-order valence-electron chi connectivity index (χ4n) is 2.73. The van der Waals surface area contributed by atoms with Crippen molar-refractivity contribution in [2.24, 2.45) is 0 Å². The molecule has 1 atom stereocenters. The van der Waals surface area contributed by atoms with Crippen molar-refractivity contribution in [2.75, 3.05) is 33.2 Å². The lowest BCUT2D eigenvalue weighted by Crippen LogP contribution is -2.54. The fourth-order valence-corrected chi connectivity index (χ4v) is 3.57. The van der Waals surface area contributed by atoms with Crippen LogP contribution in [0.15, 0.2) is 17.5 Å². The average molecular weight is 267 g/mol. The second kappa shape index (κ2) is 6.15. The largest absolute Gasteiger partial charge is 0.314 e. The van der Waals surface area contributed by atoms with Gasteiger partial charge in [-0.25, -0.2) is 0 Å². The summed E-state index contributed by atoms with van der Waals surface area (Å²) < 4.78 is 0. The third-order valence-electron chi connectivity index (χ3n) is 3.91. The fraction of sp³-hybridized carbons (Fsp3) is 0.714. The van der Waals surface area contributed by atoms with E-state index in [-0.39, 0.29) is 5.54 Å². The Kier molecular flexibility index (Phi) is 4.78. The molecule has 1 saturated heterocycles. The summed E-state index contributed by atoms with van der Waals surface area (Å²) in [5.74, 6) is 0. The molecule has 1 aliphatic rings. The summed E-state index contributed by atoms with van der Waals surface area (Å²) in [6.45, 7) is 9.30. The van der Waals surface area contributed by atoms with Gasteiger partial charge in [-0.05, 0) is 38.8 Å². The van der Waals surface area contributed by atoms with Gasteiger partial charge in [-0.15, -0.1) is 11.3 Å².